The van der Waals surface area contributed by atoms with Gasteiger partial charge < -0.3 is 4.90 Å². The van der Waals surface area contributed by atoms with Crippen LogP contribution in [-0.4, -0.2) is 32.5 Å². The van der Waals surface area contributed by atoms with Gasteiger partial charge in [0.15, 0.2) is 0 Å². The highest BCUT2D eigenvalue weighted by atomic mass is 35.5. The van der Waals surface area contributed by atoms with Gasteiger partial charge in [0.2, 0.25) is 5.91 Å². The fraction of sp³-hybridized carbons (Fsp3) is 0.263. The zero-order valence-electron chi connectivity index (χ0n) is 15.3. The summed E-state index contributed by atoms with van der Waals surface area (Å²) in [6.45, 7) is 1.94. The minimum atomic E-state index is -4.61. The smallest absolute Gasteiger partial charge is 0.324 e. The molecule has 1 atom stereocenters. The van der Waals surface area contributed by atoms with Gasteiger partial charge in [-0.15, -0.1) is 11.8 Å². The standard InChI is InChI=1S/C19H13Cl3F3N3OS/c1-9(29)27-5-6-30-18(27)15-16-13(22)7-10(19(23,24)25)8-28(16)17(26-15)14-11(20)3-2-4-12(14)21/h2-4,7-8,18H,5-6H2,1H3/t18-/m1/s1. The Kier molecular flexibility index (Phi) is 5.63. The van der Waals surface area contributed by atoms with Crippen LogP contribution < -0.4 is 0 Å². The predicted molar refractivity (Wildman–Crippen MR) is 113 cm³/mol. The summed E-state index contributed by atoms with van der Waals surface area (Å²) >= 11 is 20.4. The minimum absolute atomic E-state index is 0.125. The van der Waals surface area contributed by atoms with Gasteiger partial charge in [-0.1, -0.05) is 40.9 Å². The van der Waals surface area contributed by atoms with Crippen LogP contribution in [0.1, 0.15) is 23.6 Å². The summed E-state index contributed by atoms with van der Waals surface area (Å²) in [5.74, 6) is 0.634. The van der Waals surface area contributed by atoms with Crippen LogP contribution in [0.2, 0.25) is 15.1 Å². The molecule has 0 bridgehead atoms. The number of aromatic nitrogens is 2. The number of hydrogen-bond donors (Lipinski definition) is 0. The molecule has 0 N–H and O–H groups in total. The lowest BCUT2D eigenvalue weighted by molar-refractivity contribution is -0.137. The molecule has 0 saturated carbocycles. The molecule has 2 aromatic heterocycles. The SMILES string of the molecule is CC(=O)N1CCS[C@@H]1c1nc(-c2c(Cl)cccc2Cl)n2cc(C(F)(F)F)cc(Cl)c12. The first kappa shape index (κ1) is 21.6. The molecule has 0 spiro atoms. The van der Waals surface area contributed by atoms with Gasteiger partial charge in [0.05, 0.1) is 31.7 Å². The molecule has 0 unspecified atom stereocenters. The molecular weight excluding hydrogens is 482 g/mol. The maximum atomic E-state index is 13.5. The normalized spacial score (nSPS) is 17.2. The summed E-state index contributed by atoms with van der Waals surface area (Å²) in [5.41, 5.74) is 0.0180. The lowest BCUT2D eigenvalue weighted by atomic mass is 10.2. The number of carbonyl (C=O) groups excluding carboxylic acids is 1. The highest BCUT2D eigenvalue weighted by molar-refractivity contribution is 7.99. The Hall–Kier alpha value is -1.61. The molecule has 11 heteroatoms. The number of amides is 1. The Labute approximate surface area is 188 Å². The Morgan fingerprint density at radius 3 is 2.47 bits per heavy atom. The highest BCUT2D eigenvalue weighted by Crippen LogP contribution is 2.45. The Morgan fingerprint density at radius 1 is 1.20 bits per heavy atom. The summed E-state index contributed by atoms with van der Waals surface area (Å²) in [7, 11) is 0. The van der Waals surface area contributed by atoms with Crippen LogP contribution in [0, 0.1) is 0 Å². The maximum Gasteiger partial charge on any atom is 0.417 e. The second-order valence-corrected chi connectivity index (χ2v) is 9.06. The highest BCUT2D eigenvalue weighted by Gasteiger charge is 2.36. The van der Waals surface area contributed by atoms with E-state index in [1.807, 2.05) is 0 Å². The Morgan fingerprint density at radius 2 is 1.87 bits per heavy atom. The molecule has 1 aliphatic rings. The van der Waals surface area contributed by atoms with Gasteiger partial charge in [-0.2, -0.15) is 13.2 Å². The predicted octanol–water partition coefficient (Wildman–Crippen LogP) is 6.57. The summed E-state index contributed by atoms with van der Waals surface area (Å²) < 4.78 is 41.6. The zero-order valence-corrected chi connectivity index (χ0v) is 18.4. The van der Waals surface area contributed by atoms with E-state index in [0.717, 1.165) is 12.3 Å². The third kappa shape index (κ3) is 3.64. The molecule has 3 heterocycles. The molecule has 1 saturated heterocycles. The van der Waals surface area contributed by atoms with Gasteiger partial charge in [0.1, 0.15) is 16.9 Å². The monoisotopic (exact) mass is 493 g/mol. The lowest BCUT2D eigenvalue weighted by Gasteiger charge is -2.21. The topological polar surface area (TPSA) is 37.6 Å². The number of carbonyl (C=O) groups is 1. The molecule has 158 valence electrons. The zero-order chi connectivity index (χ0) is 21.8. The van der Waals surface area contributed by atoms with Crippen molar-refractivity contribution in [2.24, 2.45) is 0 Å². The summed E-state index contributed by atoms with van der Waals surface area (Å²) in [6.07, 6.45) is -3.69. The summed E-state index contributed by atoms with van der Waals surface area (Å²) in [6, 6.07) is 5.64. The largest absolute Gasteiger partial charge is 0.417 e. The van der Waals surface area contributed by atoms with Crippen LogP contribution in [0.3, 0.4) is 0 Å². The van der Waals surface area contributed by atoms with Crippen molar-refractivity contribution >= 4 is 58.0 Å². The number of fused-ring (bicyclic) bond motifs is 1. The van der Waals surface area contributed by atoms with Crippen molar-refractivity contribution in [3.8, 4) is 11.4 Å². The van der Waals surface area contributed by atoms with Crippen molar-refractivity contribution in [1.82, 2.24) is 14.3 Å². The van der Waals surface area contributed by atoms with Crippen molar-refractivity contribution in [3.05, 3.63) is 56.8 Å². The first-order chi connectivity index (χ1) is 14.1. The molecule has 3 aromatic rings. The number of nitrogens with zero attached hydrogens (tertiary/aromatic N) is 3. The van der Waals surface area contributed by atoms with Crippen LogP contribution in [0.5, 0.6) is 0 Å². The average Bonchev–Trinajstić information content (AvgIpc) is 3.26. The molecule has 0 aliphatic carbocycles. The maximum absolute atomic E-state index is 13.5. The molecule has 1 aliphatic heterocycles. The molecule has 1 aromatic carbocycles. The average molecular weight is 495 g/mol. The quantitative estimate of drug-likeness (QED) is 0.404. The third-order valence-electron chi connectivity index (χ3n) is 4.76. The Bertz CT molecular complexity index is 1150. The fourth-order valence-electron chi connectivity index (χ4n) is 3.43. The van der Waals surface area contributed by atoms with E-state index in [1.54, 1.807) is 23.1 Å². The van der Waals surface area contributed by atoms with Gasteiger partial charge in [-0.3, -0.25) is 9.20 Å². The van der Waals surface area contributed by atoms with Gasteiger partial charge >= 0.3 is 6.18 Å². The van der Waals surface area contributed by atoms with Gasteiger partial charge in [0, 0.05) is 25.4 Å². The van der Waals surface area contributed by atoms with Gasteiger partial charge in [-0.05, 0) is 18.2 Å². The number of pyridine rings is 1. The number of thioether (sulfide) groups is 1. The van der Waals surface area contributed by atoms with Crippen LogP contribution in [0.4, 0.5) is 13.2 Å². The van der Waals surface area contributed by atoms with E-state index in [4.69, 9.17) is 34.8 Å². The van der Waals surface area contributed by atoms with Crippen LogP contribution in [-0.2, 0) is 11.0 Å². The first-order valence-electron chi connectivity index (χ1n) is 8.71. The first-order valence-corrected chi connectivity index (χ1v) is 10.9. The number of rotatable bonds is 2. The van der Waals surface area contributed by atoms with Crippen LogP contribution in [0.15, 0.2) is 30.5 Å². The number of hydrogen-bond acceptors (Lipinski definition) is 3. The van der Waals surface area contributed by atoms with Crippen LogP contribution >= 0.6 is 46.6 Å². The van der Waals surface area contributed by atoms with E-state index in [2.05, 4.69) is 4.98 Å². The van der Waals surface area contributed by atoms with Crippen molar-refractivity contribution in [1.29, 1.82) is 0 Å². The van der Waals surface area contributed by atoms with E-state index < -0.39 is 17.1 Å². The molecule has 1 amide bonds. The number of alkyl halides is 3. The van der Waals surface area contributed by atoms with Gasteiger partial charge in [-0.25, -0.2) is 4.98 Å². The summed E-state index contributed by atoms with van der Waals surface area (Å²) in [5, 5.41) is -0.145. The van der Waals surface area contributed by atoms with Gasteiger partial charge in [0.25, 0.3) is 0 Å². The number of imidazole rings is 1. The molecular formula is C19H13Cl3F3N3OS. The van der Waals surface area contributed by atoms with E-state index in [-0.39, 0.29) is 37.9 Å². The number of benzene rings is 1. The second kappa shape index (κ2) is 7.82. The molecule has 1 fully saturated rings. The van der Waals surface area contributed by atoms with Crippen molar-refractivity contribution in [3.63, 3.8) is 0 Å². The fourth-order valence-corrected chi connectivity index (χ4v) is 5.58. The van der Waals surface area contributed by atoms with Crippen LogP contribution in [0.25, 0.3) is 16.9 Å². The second-order valence-electron chi connectivity index (χ2n) is 6.65. The van der Waals surface area contributed by atoms with E-state index in [0.29, 0.717) is 18.0 Å². The molecule has 30 heavy (non-hydrogen) atoms. The summed E-state index contributed by atoms with van der Waals surface area (Å²) in [4.78, 5) is 18.3. The molecule has 4 nitrogen and oxygen atoms in total. The van der Waals surface area contributed by atoms with Crippen molar-refractivity contribution in [2.45, 2.75) is 18.5 Å². The number of halogens is 6. The molecule has 0 radical (unpaired) electrons. The molecule has 4 rings (SSSR count). The minimum Gasteiger partial charge on any atom is -0.324 e. The Balaban J connectivity index is 2.06. The van der Waals surface area contributed by atoms with E-state index >= 15 is 0 Å². The van der Waals surface area contributed by atoms with Crippen molar-refractivity contribution < 1.29 is 18.0 Å². The van der Waals surface area contributed by atoms with E-state index in [9.17, 15) is 18.0 Å². The van der Waals surface area contributed by atoms with E-state index in [1.165, 1.54) is 23.1 Å². The van der Waals surface area contributed by atoms with Crippen molar-refractivity contribution in [2.75, 3.05) is 12.3 Å². The lowest BCUT2D eigenvalue weighted by Crippen LogP contribution is -2.28. The third-order valence-corrected chi connectivity index (χ3v) is 6.89.